The first-order chi connectivity index (χ1) is 10.2. The zero-order chi connectivity index (χ0) is 15.1. The van der Waals surface area contributed by atoms with Gasteiger partial charge in [0.05, 0.1) is 12.6 Å². The fraction of sp³-hybridized carbons (Fsp3) is 0.611. The Labute approximate surface area is 128 Å². The van der Waals surface area contributed by atoms with Crippen molar-refractivity contribution in [1.82, 2.24) is 4.90 Å². The van der Waals surface area contributed by atoms with Gasteiger partial charge in [-0.3, -0.25) is 9.69 Å². The molecule has 0 unspecified atom stereocenters. The number of rotatable bonds is 7. The Balaban J connectivity index is 1.81. The van der Waals surface area contributed by atoms with Crippen molar-refractivity contribution in [2.45, 2.75) is 45.6 Å². The van der Waals surface area contributed by atoms with Crippen LogP contribution in [0.1, 0.15) is 49.0 Å². The van der Waals surface area contributed by atoms with E-state index in [4.69, 9.17) is 4.74 Å². The molecule has 1 heterocycles. The fourth-order valence-corrected chi connectivity index (χ4v) is 2.91. The van der Waals surface area contributed by atoms with Gasteiger partial charge in [-0.1, -0.05) is 37.6 Å². The predicted molar refractivity (Wildman–Crippen MR) is 85.9 cm³/mol. The maximum atomic E-state index is 12.3. The standard InChI is InChI=1S/C18H27NO2/c1-3-5-15-6-8-16(9-7-15)18(20)14-19-12-10-17(11-13-19)21-4-2/h6-9,17H,3-5,10-14H2,1-2H3. The minimum absolute atomic E-state index is 0.230. The fourth-order valence-electron chi connectivity index (χ4n) is 2.91. The van der Waals surface area contributed by atoms with Crippen LogP contribution in [0.15, 0.2) is 24.3 Å². The monoisotopic (exact) mass is 289 g/mol. The Morgan fingerprint density at radius 2 is 1.86 bits per heavy atom. The number of hydrogen-bond acceptors (Lipinski definition) is 3. The van der Waals surface area contributed by atoms with E-state index in [0.29, 0.717) is 12.6 Å². The summed E-state index contributed by atoms with van der Waals surface area (Å²) in [6.45, 7) is 7.46. The van der Waals surface area contributed by atoms with Gasteiger partial charge in [0.25, 0.3) is 0 Å². The molecule has 1 aliphatic rings. The number of Topliss-reactive ketones (excluding diaryl/α,β-unsaturated/α-hetero) is 1. The largest absolute Gasteiger partial charge is 0.378 e. The molecule has 1 fully saturated rings. The Hall–Kier alpha value is -1.19. The van der Waals surface area contributed by atoms with Crippen LogP contribution in [0.5, 0.6) is 0 Å². The molecule has 1 aromatic rings. The lowest BCUT2D eigenvalue weighted by atomic mass is 10.0. The predicted octanol–water partition coefficient (Wildman–Crippen LogP) is 3.32. The summed E-state index contributed by atoms with van der Waals surface area (Å²) >= 11 is 0. The third-order valence-corrected chi connectivity index (χ3v) is 4.12. The van der Waals surface area contributed by atoms with Crippen molar-refractivity contribution >= 4 is 5.78 Å². The van der Waals surface area contributed by atoms with E-state index in [9.17, 15) is 4.79 Å². The van der Waals surface area contributed by atoms with Crippen LogP contribution >= 0.6 is 0 Å². The van der Waals surface area contributed by atoms with Crippen LogP contribution in [-0.2, 0) is 11.2 Å². The Bertz CT molecular complexity index is 433. The van der Waals surface area contributed by atoms with Crippen LogP contribution in [0.3, 0.4) is 0 Å². The molecule has 1 aromatic carbocycles. The van der Waals surface area contributed by atoms with Gasteiger partial charge < -0.3 is 4.74 Å². The quantitative estimate of drug-likeness (QED) is 0.721. The summed E-state index contributed by atoms with van der Waals surface area (Å²) in [7, 11) is 0. The van der Waals surface area contributed by atoms with Crippen molar-refractivity contribution in [2.75, 3.05) is 26.2 Å². The number of aryl methyl sites for hydroxylation is 1. The lowest BCUT2D eigenvalue weighted by Crippen LogP contribution is -2.39. The van der Waals surface area contributed by atoms with Crippen molar-refractivity contribution in [1.29, 1.82) is 0 Å². The number of nitrogens with zero attached hydrogens (tertiary/aromatic N) is 1. The molecule has 0 atom stereocenters. The first-order valence-corrected chi connectivity index (χ1v) is 8.19. The Morgan fingerprint density at radius 3 is 2.43 bits per heavy atom. The number of piperidine rings is 1. The third kappa shape index (κ3) is 4.94. The SMILES string of the molecule is CCCc1ccc(C(=O)CN2CCC(OCC)CC2)cc1. The summed E-state index contributed by atoms with van der Waals surface area (Å²) in [5, 5.41) is 0. The Kier molecular flexibility index (Phi) is 6.40. The normalized spacial score (nSPS) is 17.0. The molecule has 21 heavy (non-hydrogen) atoms. The lowest BCUT2D eigenvalue weighted by Gasteiger charge is -2.31. The number of hydrogen-bond donors (Lipinski definition) is 0. The number of benzene rings is 1. The average molecular weight is 289 g/mol. The van der Waals surface area contributed by atoms with E-state index in [1.807, 2.05) is 19.1 Å². The molecular weight excluding hydrogens is 262 g/mol. The van der Waals surface area contributed by atoms with Gasteiger partial charge in [0.15, 0.2) is 5.78 Å². The smallest absolute Gasteiger partial charge is 0.176 e. The van der Waals surface area contributed by atoms with Crippen molar-refractivity contribution in [3.05, 3.63) is 35.4 Å². The van der Waals surface area contributed by atoms with E-state index in [0.717, 1.165) is 50.9 Å². The molecule has 1 aliphatic heterocycles. The number of ketones is 1. The summed E-state index contributed by atoms with van der Waals surface area (Å²) in [6.07, 6.45) is 4.68. The zero-order valence-electron chi connectivity index (χ0n) is 13.3. The number of carbonyl (C=O) groups is 1. The second-order valence-electron chi connectivity index (χ2n) is 5.80. The van der Waals surface area contributed by atoms with Gasteiger partial charge in [-0.15, -0.1) is 0 Å². The molecule has 0 spiro atoms. The molecule has 0 aliphatic carbocycles. The van der Waals surface area contributed by atoms with Crippen molar-refractivity contribution in [2.24, 2.45) is 0 Å². The van der Waals surface area contributed by atoms with Crippen LogP contribution < -0.4 is 0 Å². The first kappa shape index (κ1) is 16.2. The lowest BCUT2D eigenvalue weighted by molar-refractivity contribution is 0.0147. The van der Waals surface area contributed by atoms with Gasteiger partial charge >= 0.3 is 0 Å². The molecule has 1 saturated heterocycles. The van der Waals surface area contributed by atoms with Crippen LogP contribution in [0.25, 0.3) is 0 Å². The van der Waals surface area contributed by atoms with Gasteiger partial charge in [-0.25, -0.2) is 0 Å². The van der Waals surface area contributed by atoms with Gasteiger partial charge in [0.2, 0.25) is 0 Å². The number of carbonyl (C=O) groups excluding carboxylic acids is 1. The Morgan fingerprint density at radius 1 is 1.19 bits per heavy atom. The third-order valence-electron chi connectivity index (χ3n) is 4.12. The molecule has 2 rings (SSSR count). The highest BCUT2D eigenvalue weighted by Gasteiger charge is 2.21. The van der Waals surface area contributed by atoms with E-state index in [-0.39, 0.29) is 5.78 Å². The second-order valence-corrected chi connectivity index (χ2v) is 5.80. The molecule has 0 aromatic heterocycles. The van der Waals surface area contributed by atoms with E-state index in [2.05, 4.69) is 24.0 Å². The molecule has 3 nitrogen and oxygen atoms in total. The minimum Gasteiger partial charge on any atom is -0.378 e. The zero-order valence-corrected chi connectivity index (χ0v) is 13.3. The number of likely N-dealkylation sites (tertiary alicyclic amines) is 1. The molecule has 0 bridgehead atoms. The highest BCUT2D eigenvalue weighted by molar-refractivity contribution is 5.97. The maximum Gasteiger partial charge on any atom is 0.176 e. The second kappa shape index (κ2) is 8.30. The van der Waals surface area contributed by atoms with E-state index >= 15 is 0 Å². The molecular formula is C18H27NO2. The molecule has 0 amide bonds. The van der Waals surface area contributed by atoms with Crippen LogP contribution in [0.2, 0.25) is 0 Å². The van der Waals surface area contributed by atoms with Gasteiger partial charge in [0, 0.05) is 25.3 Å². The summed E-state index contributed by atoms with van der Waals surface area (Å²) in [5.74, 6) is 0.230. The van der Waals surface area contributed by atoms with E-state index in [1.165, 1.54) is 5.56 Å². The highest BCUT2D eigenvalue weighted by atomic mass is 16.5. The highest BCUT2D eigenvalue weighted by Crippen LogP contribution is 2.15. The summed E-state index contributed by atoms with van der Waals surface area (Å²) in [6, 6.07) is 8.11. The van der Waals surface area contributed by atoms with Gasteiger partial charge in [-0.05, 0) is 31.7 Å². The van der Waals surface area contributed by atoms with Gasteiger partial charge in [-0.2, -0.15) is 0 Å². The van der Waals surface area contributed by atoms with Gasteiger partial charge in [0.1, 0.15) is 0 Å². The maximum absolute atomic E-state index is 12.3. The minimum atomic E-state index is 0.230. The first-order valence-electron chi connectivity index (χ1n) is 8.19. The van der Waals surface area contributed by atoms with Crippen LogP contribution in [0, 0.1) is 0 Å². The summed E-state index contributed by atoms with van der Waals surface area (Å²) < 4.78 is 5.65. The van der Waals surface area contributed by atoms with Crippen molar-refractivity contribution in [3.8, 4) is 0 Å². The molecule has 116 valence electrons. The van der Waals surface area contributed by atoms with Crippen molar-refractivity contribution in [3.63, 3.8) is 0 Å². The van der Waals surface area contributed by atoms with E-state index in [1.54, 1.807) is 0 Å². The summed E-state index contributed by atoms with van der Waals surface area (Å²) in [5.41, 5.74) is 2.15. The molecule has 0 radical (unpaired) electrons. The molecule has 0 saturated carbocycles. The summed E-state index contributed by atoms with van der Waals surface area (Å²) in [4.78, 5) is 14.6. The number of ether oxygens (including phenoxy) is 1. The van der Waals surface area contributed by atoms with Crippen molar-refractivity contribution < 1.29 is 9.53 Å². The molecule has 3 heteroatoms. The van der Waals surface area contributed by atoms with Crippen LogP contribution in [-0.4, -0.2) is 43.0 Å². The molecule has 0 N–H and O–H groups in total. The average Bonchev–Trinajstić information content (AvgIpc) is 2.50. The topological polar surface area (TPSA) is 29.5 Å². The van der Waals surface area contributed by atoms with E-state index < -0.39 is 0 Å². The van der Waals surface area contributed by atoms with Crippen LogP contribution in [0.4, 0.5) is 0 Å².